The number of rotatable bonds is 5. The molecular weight excluding hydrogens is 190 g/mol. The van der Waals surface area contributed by atoms with Gasteiger partial charge in [0.1, 0.15) is 0 Å². The van der Waals surface area contributed by atoms with Crippen molar-refractivity contribution in [2.75, 3.05) is 33.2 Å². The van der Waals surface area contributed by atoms with Gasteiger partial charge >= 0.3 is 0 Å². The first-order valence-corrected chi connectivity index (χ1v) is 5.86. The summed E-state index contributed by atoms with van der Waals surface area (Å²) in [5.74, 6) is 0.811. The summed E-state index contributed by atoms with van der Waals surface area (Å²) in [5.41, 5.74) is 0. The molecule has 1 heterocycles. The predicted octanol–water partition coefficient (Wildman–Crippen LogP) is 0.0523. The molecule has 1 amide bonds. The normalized spacial score (nSPS) is 25.9. The van der Waals surface area contributed by atoms with Gasteiger partial charge in [0, 0.05) is 19.1 Å². The van der Waals surface area contributed by atoms with Gasteiger partial charge in [0.25, 0.3) is 0 Å². The van der Waals surface area contributed by atoms with E-state index in [4.69, 9.17) is 0 Å². The van der Waals surface area contributed by atoms with Crippen LogP contribution in [0.25, 0.3) is 0 Å². The second kappa shape index (κ2) is 6.08. The Kier molecular flexibility index (Phi) is 5.05. The third-order valence-corrected chi connectivity index (χ3v) is 3.16. The van der Waals surface area contributed by atoms with E-state index in [1.807, 2.05) is 14.0 Å². The van der Waals surface area contributed by atoms with Crippen molar-refractivity contribution in [3.8, 4) is 0 Å². The van der Waals surface area contributed by atoms with Gasteiger partial charge in [-0.3, -0.25) is 9.69 Å². The number of amides is 1. The third-order valence-electron chi connectivity index (χ3n) is 3.16. The summed E-state index contributed by atoms with van der Waals surface area (Å²) in [6, 6.07) is 0.512. The van der Waals surface area contributed by atoms with Crippen LogP contribution >= 0.6 is 0 Å². The highest BCUT2D eigenvalue weighted by Crippen LogP contribution is 2.17. The molecule has 1 rings (SSSR count). The molecule has 0 saturated carbocycles. The van der Waals surface area contributed by atoms with Gasteiger partial charge in [0.2, 0.25) is 5.91 Å². The molecule has 0 spiro atoms. The lowest BCUT2D eigenvalue weighted by molar-refractivity contribution is -0.122. The van der Waals surface area contributed by atoms with Crippen LogP contribution in [-0.2, 0) is 4.79 Å². The van der Waals surface area contributed by atoms with Crippen molar-refractivity contribution in [2.45, 2.75) is 26.3 Å². The highest BCUT2D eigenvalue weighted by Gasteiger charge is 2.29. The smallest absolute Gasteiger partial charge is 0.234 e. The fourth-order valence-corrected chi connectivity index (χ4v) is 2.25. The molecule has 0 aromatic rings. The topological polar surface area (TPSA) is 44.4 Å². The Bertz CT molecular complexity index is 208. The Morgan fingerprint density at radius 3 is 2.80 bits per heavy atom. The van der Waals surface area contributed by atoms with Crippen LogP contribution in [0.15, 0.2) is 0 Å². The van der Waals surface area contributed by atoms with E-state index in [0.717, 1.165) is 13.1 Å². The molecule has 0 aliphatic carbocycles. The highest BCUT2D eigenvalue weighted by atomic mass is 16.2. The van der Waals surface area contributed by atoms with Crippen molar-refractivity contribution in [2.24, 2.45) is 5.92 Å². The molecule has 2 atom stereocenters. The summed E-state index contributed by atoms with van der Waals surface area (Å²) >= 11 is 0. The lowest BCUT2D eigenvalue weighted by Crippen LogP contribution is -2.44. The molecule has 2 unspecified atom stereocenters. The Hall–Kier alpha value is -0.610. The molecule has 1 aliphatic rings. The zero-order valence-corrected chi connectivity index (χ0v) is 10.0. The quantitative estimate of drug-likeness (QED) is 0.678. The van der Waals surface area contributed by atoms with Gasteiger partial charge in [0.15, 0.2) is 0 Å². The van der Waals surface area contributed by atoms with Gasteiger partial charge < -0.3 is 10.6 Å². The van der Waals surface area contributed by atoms with Gasteiger partial charge in [-0.15, -0.1) is 0 Å². The minimum absolute atomic E-state index is 0.127. The molecule has 0 aromatic carbocycles. The van der Waals surface area contributed by atoms with Crippen LogP contribution in [0.4, 0.5) is 0 Å². The fraction of sp³-hybridized carbons (Fsp3) is 0.909. The van der Waals surface area contributed by atoms with E-state index < -0.39 is 0 Å². The maximum atomic E-state index is 11.4. The summed E-state index contributed by atoms with van der Waals surface area (Å²) < 4.78 is 0. The van der Waals surface area contributed by atoms with E-state index in [2.05, 4.69) is 22.5 Å². The number of nitrogens with one attached hydrogen (secondary N) is 2. The molecule has 2 N–H and O–H groups in total. The molecule has 4 heteroatoms. The minimum Gasteiger partial charge on any atom is -0.355 e. The van der Waals surface area contributed by atoms with Crippen molar-refractivity contribution < 1.29 is 4.79 Å². The van der Waals surface area contributed by atoms with Crippen molar-refractivity contribution in [3.05, 3.63) is 0 Å². The summed E-state index contributed by atoms with van der Waals surface area (Å²) in [4.78, 5) is 13.6. The standard InChI is InChI=1S/C11H23N3O/c1-4-9-6-12-7-10(9)14(3)8-11(15)13-5-2/h9-10,12H,4-8H2,1-3H3,(H,13,15). The molecule has 1 aliphatic heterocycles. The molecule has 0 radical (unpaired) electrons. The van der Waals surface area contributed by atoms with Gasteiger partial charge in [0.05, 0.1) is 6.54 Å². The van der Waals surface area contributed by atoms with Crippen molar-refractivity contribution in [1.82, 2.24) is 15.5 Å². The van der Waals surface area contributed by atoms with E-state index in [1.165, 1.54) is 6.42 Å². The van der Waals surface area contributed by atoms with Crippen molar-refractivity contribution in [1.29, 1.82) is 0 Å². The van der Waals surface area contributed by atoms with Gasteiger partial charge in [-0.2, -0.15) is 0 Å². The maximum absolute atomic E-state index is 11.4. The number of carbonyl (C=O) groups is 1. The van der Waals surface area contributed by atoms with E-state index in [-0.39, 0.29) is 5.91 Å². The largest absolute Gasteiger partial charge is 0.355 e. The summed E-state index contributed by atoms with van der Waals surface area (Å²) in [6.45, 7) is 7.48. The maximum Gasteiger partial charge on any atom is 0.234 e. The predicted molar refractivity (Wildman–Crippen MR) is 61.8 cm³/mol. The van der Waals surface area contributed by atoms with E-state index in [1.54, 1.807) is 0 Å². The van der Waals surface area contributed by atoms with Crippen LogP contribution in [0.1, 0.15) is 20.3 Å². The third kappa shape index (κ3) is 3.47. The molecule has 4 nitrogen and oxygen atoms in total. The van der Waals surface area contributed by atoms with E-state index >= 15 is 0 Å². The van der Waals surface area contributed by atoms with Gasteiger partial charge in [-0.1, -0.05) is 13.3 Å². The number of nitrogens with zero attached hydrogens (tertiary/aromatic N) is 1. The average Bonchev–Trinajstić information content (AvgIpc) is 2.65. The number of carbonyl (C=O) groups excluding carboxylic acids is 1. The lowest BCUT2D eigenvalue weighted by Gasteiger charge is -2.27. The van der Waals surface area contributed by atoms with Crippen LogP contribution in [0, 0.1) is 5.92 Å². The molecular formula is C11H23N3O. The summed E-state index contributed by atoms with van der Waals surface area (Å²) in [5, 5.41) is 6.22. The molecule has 1 saturated heterocycles. The Morgan fingerprint density at radius 2 is 2.20 bits per heavy atom. The van der Waals surface area contributed by atoms with Crippen LogP contribution in [0.2, 0.25) is 0 Å². The van der Waals surface area contributed by atoms with Crippen LogP contribution in [-0.4, -0.2) is 50.1 Å². The van der Waals surface area contributed by atoms with Crippen LogP contribution in [0.3, 0.4) is 0 Å². The Morgan fingerprint density at radius 1 is 1.47 bits per heavy atom. The Balaban J connectivity index is 2.38. The number of likely N-dealkylation sites (N-methyl/N-ethyl adjacent to an activating group) is 2. The number of hydrogen-bond acceptors (Lipinski definition) is 3. The van der Waals surface area contributed by atoms with Gasteiger partial charge in [-0.05, 0) is 26.4 Å². The second-order valence-electron chi connectivity index (χ2n) is 4.26. The molecule has 0 bridgehead atoms. The first kappa shape index (κ1) is 12.5. The zero-order valence-electron chi connectivity index (χ0n) is 10.0. The fourth-order valence-electron chi connectivity index (χ4n) is 2.25. The van der Waals surface area contributed by atoms with Crippen LogP contribution in [0.5, 0.6) is 0 Å². The van der Waals surface area contributed by atoms with E-state index in [9.17, 15) is 4.79 Å². The average molecular weight is 213 g/mol. The first-order valence-electron chi connectivity index (χ1n) is 5.86. The van der Waals surface area contributed by atoms with E-state index in [0.29, 0.717) is 25.0 Å². The summed E-state index contributed by atoms with van der Waals surface area (Å²) in [6.07, 6.45) is 1.18. The van der Waals surface area contributed by atoms with Crippen LogP contribution < -0.4 is 10.6 Å². The minimum atomic E-state index is 0.127. The lowest BCUT2D eigenvalue weighted by atomic mass is 10.00. The van der Waals surface area contributed by atoms with Crippen molar-refractivity contribution >= 4 is 5.91 Å². The monoisotopic (exact) mass is 213 g/mol. The molecule has 88 valence electrons. The SMILES string of the molecule is CCNC(=O)CN(C)C1CNCC1CC. The first-order chi connectivity index (χ1) is 7.19. The van der Waals surface area contributed by atoms with Crippen molar-refractivity contribution in [3.63, 3.8) is 0 Å². The molecule has 15 heavy (non-hydrogen) atoms. The highest BCUT2D eigenvalue weighted by molar-refractivity contribution is 5.77. The second-order valence-corrected chi connectivity index (χ2v) is 4.26. The molecule has 0 aromatic heterocycles. The summed E-state index contributed by atoms with van der Waals surface area (Å²) in [7, 11) is 2.04. The Labute approximate surface area is 92.4 Å². The van der Waals surface area contributed by atoms with Gasteiger partial charge in [-0.25, -0.2) is 0 Å². The zero-order chi connectivity index (χ0) is 11.3. The molecule has 1 fully saturated rings. The number of hydrogen-bond donors (Lipinski definition) is 2.